The van der Waals surface area contributed by atoms with Crippen molar-refractivity contribution in [3.63, 3.8) is 0 Å². The van der Waals surface area contributed by atoms with E-state index in [1.165, 1.54) is 0 Å². The first-order chi connectivity index (χ1) is 29.2. The fourth-order valence-electron chi connectivity index (χ4n) is 11.9. The second-order valence-electron chi connectivity index (χ2n) is 19.0. The Morgan fingerprint density at radius 2 is 1.76 bits per heavy atom. The number of guanidine groups is 1. The molecule has 0 spiro atoms. The quantitative estimate of drug-likeness (QED) is 0.0605. The van der Waals surface area contributed by atoms with E-state index >= 15 is 0 Å². The van der Waals surface area contributed by atoms with Gasteiger partial charge in [-0.15, -0.1) is 0 Å². The zero-order chi connectivity index (χ0) is 42.7. The van der Waals surface area contributed by atoms with Crippen LogP contribution in [-0.2, 0) is 27.0 Å². The van der Waals surface area contributed by atoms with Crippen LogP contribution in [-0.4, -0.2) is 57.8 Å². The van der Waals surface area contributed by atoms with Gasteiger partial charge >= 0.3 is 29.6 Å². The van der Waals surface area contributed by atoms with Crippen LogP contribution in [0.15, 0.2) is 77.3 Å². The molecule has 3 aliphatic carbocycles. The van der Waals surface area contributed by atoms with Crippen molar-refractivity contribution in [2.45, 2.75) is 131 Å². The molecule has 10 bridgehead atoms. The van der Waals surface area contributed by atoms with Crippen LogP contribution in [0.4, 0.5) is 0 Å². The van der Waals surface area contributed by atoms with Crippen molar-refractivity contribution in [1.29, 1.82) is 0 Å². The molecule has 5 heterocycles. The maximum absolute atomic E-state index is 14.0. The molecular formula is C49H58N3NaO8S. The third-order valence-electron chi connectivity index (χ3n) is 15.0. The van der Waals surface area contributed by atoms with E-state index in [9.17, 15) is 28.3 Å². The first-order valence-corrected chi connectivity index (χ1v) is 23.7. The van der Waals surface area contributed by atoms with E-state index in [-0.39, 0.29) is 90.0 Å². The average Bonchev–Trinajstić information content (AvgIpc) is 3.61. The van der Waals surface area contributed by atoms with E-state index in [2.05, 4.69) is 18.8 Å². The van der Waals surface area contributed by atoms with Gasteiger partial charge in [0.2, 0.25) is 5.72 Å². The summed E-state index contributed by atoms with van der Waals surface area (Å²) >= 11 is 0. The van der Waals surface area contributed by atoms with Crippen LogP contribution in [0.25, 0.3) is 0 Å². The van der Waals surface area contributed by atoms with E-state index in [0.717, 1.165) is 53.5 Å². The van der Waals surface area contributed by atoms with Crippen LogP contribution in [0.3, 0.4) is 0 Å². The zero-order valence-electron chi connectivity index (χ0n) is 35.8. The minimum atomic E-state index is -4.88. The number of aromatic hydroxyl groups is 1. The van der Waals surface area contributed by atoms with E-state index in [1.807, 2.05) is 54.6 Å². The summed E-state index contributed by atoms with van der Waals surface area (Å²) in [5, 5.41) is 31.4. The fraction of sp³-hybridized carbons (Fsp3) is 0.531. The number of aliphatic imine (C=N–C) groups is 1. The molecule has 5 aliphatic heterocycles. The second kappa shape index (κ2) is 17.9. The van der Waals surface area contributed by atoms with Gasteiger partial charge in [0.25, 0.3) is 0 Å². The number of nitrogens with zero attached hydrogens (tertiary/aromatic N) is 1. The first kappa shape index (κ1) is 45.2. The average molecular weight is 872 g/mol. The largest absolute Gasteiger partial charge is 1.00 e. The van der Waals surface area contributed by atoms with Crippen molar-refractivity contribution in [2.24, 2.45) is 40.1 Å². The van der Waals surface area contributed by atoms with Crippen molar-refractivity contribution in [1.82, 2.24) is 0 Å². The molecule has 7 N–H and O–H groups in total. The van der Waals surface area contributed by atoms with E-state index in [1.54, 1.807) is 12.1 Å². The smallest absolute Gasteiger partial charge is 0.748 e. The van der Waals surface area contributed by atoms with Crippen molar-refractivity contribution < 1.29 is 67.3 Å². The normalized spacial score (nSPS) is 32.1. The number of phenolic OH excluding ortho intramolecular Hbond substituents is 1. The fourth-order valence-corrected chi connectivity index (χ4v) is 13.0. The van der Waals surface area contributed by atoms with Gasteiger partial charge in [0.15, 0.2) is 5.96 Å². The van der Waals surface area contributed by atoms with Crippen LogP contribution in [0.1, 0.15) is 135 Å². The summed E-state index contributed by atoms with van der Waals surface area (Å²) in [5.74, 6) is 5.51. The van der Waals surface area contributed by atoms with E-state index in [0.29, 0.717) is 68.2 Å². The molecule has 13 heteroatoms. The maximum Gasteiger partial charge on any atom is 1.00 e. The molecule has 62 heavy (non-hydrogen) atoms. The minimum absolute atomic E-state index is 0. The monoisotopic (exact) mass is 871 g/mol. The van der Waals surface area contributed by atoms with Gasteiger partial charge in [-0.1, -0.05) is 74.1 Å². The predicted molar refractivity (Wildman–Crippen MR) is 231 cm³/mol. The third kappa shape index (κ3) is 8.99. The number of nitrogens with two attached hydrogens (primary N) is 2. The number of fused-ring (bicyclic) bond motifs is 9. The Kier molecular flexibility index (Phi) is 13.0. The Labute approximate surface area is 387 Å². The Morgan fingerprint density at radius 1 is 1.00 bits per heavy atom. The van der Waals surface area contributed by atoms with Crippen molar-refractivity contribution >= 4 is 16.1 Å². The van der Waals surface area contributed by atoms with Crippen molar-refractivity contribution in [3.05, 3.63) is 106 Å². The molecule has 324 valence electrons. The van der Waals surface area contributed by atoms with Crippen LogP contribution >= 0.6 is 0 Å². The van der Waals surface area contributed by atoms with Crippen LogP contribution in [0.5, 0.6) is 11.5 Å². The summed E-state index contributed by atoms with van der Waals surface area (Å²) in [6, 6.07) is 18.9. The Bertz CT molecular complexity index is 2380. The van der Waals surface area contributed by atoms with Crippen LogP contribution < -0.4 is 45.8 Å². The summed E-state index contributed by atoms with van der Waals surface area (Å²) in [5.41, 5.74) is 16.1. The van der Waals surface area contributed by atoms with Gasteiger partial charge in [-0.05, 0) is 140 Å². The number of rotatable bonds is 6. The molecule has 1 saturated heterocycles. The number of benzene rings is 3. The number of aryl methyl sites for hydroxylation is 1. The summed E-state index contributed by atoms with van der Waals surface area (Å²) in [6.07, 6.45) is 9.05. The molecule has 0 radical (unpaired) electrons. The molecule has 8 aliphatic rings. The van der Waals surface area contributed by atoms with Gasteiger partial charge in [0.1, 0.15) is 17.6 Å². The van der Waals surface area contributed by atoms with Crippen molar-refractivity contribution in [3.8, 4) is 23.3 Å². The number of phenols is 1. The molecule has 0 amide bonds. The van der Waals surface area contributed by atoms with Crippen molar-refractivity contribution in [2.75, 3.05) is 6.61 Å². The first-order valence-electron chi connectivity index (χ1n) is 22.2. The summed E-state index contributed by atoms with van der Waals surface area (Å²) < 4.78 is 56.0. The molecular weight excluding hydrogens is 814 g/mol. The number of hydrogen-bond donors (Lipinski definition) is 5. The Morgan fingerprint density at radius 3 is 2.48 bits per heavy atom. The predicted octanol–water partition coefficient (Wildman–Crippen LogP) is 3.90. The minimum Gasteiger partial charge on any atom is -0.748 e. The molecule has 11 nitrogen and oxygen atoms in total. The van der Waals surface area contributed by atoms with Gasteiger partial charge in [0.05, 0.1) is 27.1 Å². The molecule has 3 aromatic rings. The summed E-state index contributed by atoms with van der Waals surface area (Å²) in [4.78, 5) is 4.84. The van der Waals surface area contributed by atoms with Crippen LogP contribution in [0, 0.1) is 35.5 Å². The second-order valence-corrected chi connectivity index (χ2v) is 20.6. The number of aliphatic hydroxyl groups is 2. The Hall–Kier alpha value is -3.38. The number of hydrogen-bond acceptors (Lipinski definition) is 9. The van der Waals surface area contributed by atoms with Gasteiger partial charge in [0, 0.05) is 36.1 Å². The summed E-state index contributed by atoms with van der Waals surface area (Å²) in [6.45, 7) is 2.08. The third-order valence-corrected chi connectivity index (χ3v) is 16.3. The van der Waals surface area contributed by atoms with E-state index in [4.69, 9.17) is 25.9 Å². The van der Waals surface area contributed by atoms with Crippen LogP contribution in [0.2, 0.25) is 0 Å². The summed E-state index contributed by atoms with van der Waals surface area (Å²) in [7, 11) is -4.88. The molecule has 2 fully saturated rings. The standard InChI is InChI=1S/C49H59N3O8S.Na/c1-29-7-8-33-24-38-14-16-40(33)42(29)27-44(61(56,57)58)43-26-35-22-34(25-39-21-30(28-53)5-4-6-32-23-37(54)13-15-41(32)46(35)59-39)45(43)31-9-11-36(12-10-31)49(60-38,52-47(50)51)20-19-48(55)17-2-3-18-48;/h9-16,23-24,26,29-30,34,39,42-46,53-55H,2-3,5,7-8,17-22,25,27-28H2,1H3,(H4,50,51,52)(H,56,57,58);/q;+1/p-1/t29-,30+,34-,39-,42+,43-,44-,45+,46-,49-;/m1./s1. The number of aliphatic hydroxyl groups excluding tert-OH is 1. The molecule has 11 rings (SSSR count). The molecule has 1 saturated carbocycles. The number of allylic oxidation sites excluding steroid dienone is 1. The van der Waals surface area contributed by atoms with Gasteiger partial charge in [-0.25, -0.2) is 13.4 Å². The SMILES string of the molecule is C[C@@H]1CCc2cc3ccc2[C@H]1C[C@@H](S(=O)(=O)[O-])[C@H]1C=C2C[C@H](C[C@H]4C[C@@H](CO)CC#Cc5cc(O)ccc5[C@@H]2O4)[C@@H]1c1ccc(cc1)[C@](CCC1(O)CCCC1)(N=C(N)N)O3.[Na+]. The van der Waals surface area contributed by atoms with E-state index < -0.39 is 38.7 Å². The molecule has 10 atom stereocenters. The topological polar surface area (TPSA) is 201 Å². The molecule has 0 aromatic heterocycles. The van der Waals surface area contributed by atoms with Gasteiger partial charge < -0.3 is 40.8 Å². The van der Waals surface area contributed by atoms with Gasteiger partial charge in [-0.2, -0.15) is 0 Å². The molecule has 3 aromatic carbocycles. The van der Waals surface area contributed by atoms with Gasteiger partial charge in [-0.3, -0.25) is 0 Å². The Balaban J connectivity index is 0.00000529. The number of ether oxygens (including phenoxy) is 2. The maximum atomic E-state index is 14.0. The molecule has 0 unspecified atom stereocenters. The zero-order valence-corrected chi connectivity index (χ0v) is 38.7.